The molecule has 0 aliphatic rings. The van der Waals surface area contributed by atoms with Gasteiger partial charge < -0.3 is 15.5 Å². The van der Waals surface area contributed by atoms with E-state index in [0.717, 1.165) is 0 Å². The van der Waals surface area contributed by atoms with Gasteiger partial charge in [0.1, 0.15) is 5.75 Å². The van der Waals surface area contributed by atoms with Gasteiger partial charge >= 0.3 is 5.97 Å². The molecule has 0 fully saturated rings. The number of hydrogen-bond donors (Lipinski definition) is 3. The van der Waals surface area contributed by atoms with Gasteiger partial charge in [0.15, 0.2) is 6.04 Å². The van der Waals surface area contributed by atoms with Gasteiger partial charge in [-0.15, -0.1) is 11.3 Å². The number of nitrogens with one attached hydrogen (secondary N) is 1. The highest BCUT2D eigenvalue weighted by molar-refractivity contribution is 7.10. The van der Waals surface area contributed by atoms with E-state index in [4.69, 9.17) is 5.11 Å². The van der Waals surface area contributed by atoms with Gasteiger partial charge in [0, 0.05) is 11.1 Å². The first-order valence-electron chi connectivity index (χ1n) is 5.29. The summed E-state index contributed by atoms with van der Waals surface area (Å²) in [7, 11) is 0. The molecule has 0 aliphatic heterocycles. The molecule has 1 atom stereocenters. The minimum absolute atomic E-state index is 0.0998. The van der Waals surface area contributed by atoms with Crippen molar-refractivity contribution < 1.29 is 19.8 Å². The highest BCUT2D eigenvalue weighted by atomic mass is 32.1. The molecule has 2 heterocycles. The average molecular weight is 278 g/mol. The number of rotatable bonds is 4. The van der Waals surface area contributed by atoms with Crippen LogP contribution < -0.4 is 5.32 Å². The molecule has 0 aromatic carbocycles. The molecule has 0 saturated carbocycles. The summed E-state index contributed by atoms with van der Waals surface area (Å²) in [6.07, 6.45) is 2.44. The lowest BCUT2D eigenvalue weighted by Gasteiger charge is -2.12. The number of thiophene rings is 1. The van der Waals surface area contributed by atoms with Crippen LogP contribution >= 0.6 is 11.3 Å². The topological polar surface area (TPSA) is 99.5 Å². The van der Waals surface area contributed by atoms with Crippen LogP contribution in [0.25, 0.3) is 0 Å². The van der Waals surface area contributed by atoms with Crippen LogP contribution in [0.1, 0.15) is 21.3 Å². The number of amides is 1. The van der Waals surface area contributed by atoms with Crippen molar-refractivity contribution in [3.05, 3.63) is 46.4 Å². The highest BCUT2D eigenvalue weighted by Crippen LogP contribution is 2.20. The molecule has 2 aromatic heterocycles. The first-order valence-corrected chi connectivity index (χ1v) is 6.17. The zero-order chi connectivity index (χ0) is 13.8. The molecule has 2 rings (SSSR count). The van der Waals surface area contributed by atoms with Crippen molar-refractivity contribution in [2.45, 2.75) is 6.04 Å². The summed E-state index contributed by atoms with van der Waals surface area (Å²) in [4.78, 5) is 27.2. The van der Waals surface area contributed by atoms with Crippen LogP contribution in [0.4, 0.5) is 0 Å². The van der Waals surface area contributed by atoms with Crippen molar-refractivity contribution in [2.75, 3.05) is 0 Å². The fourth-order valence-corrected chi connectivity index (χ4v) is 2.24. The van der Waals surface area contributed by atoms with Gasteiger partial charge in [-0.05, 0) is 17.5 Å². The Kier molecular flexibility index (Phi) is 3.76. The fraction of sp³-hybridized carbons (Fsp3) is 0.0833. The quantitative estimate of drug-likeness (QED) is 0.785. The molecular weight excluding hydrogens is 268 g/mol. The van der Waals surface area contributed by atoms with Gasteiger partial charge in [-0.2, -0.15) is 0 Å². The van der Waals surface area contributed by atoms with E-state index in [1.807, 2.05) is 0 Å². The number of aromatic hydroxyl groups is 1. The molecule has 0 aliphatic carbocycles. The Morgan fingerprint density at radius 2 is 2.16 bits per heavy atom. The third-order valence-corrected chi connectivity index (χ3v) is 3.27. The van der Waals surface area contributed by atoms with Crippen LogP contribution in [0.3, 0.4) is 0 Å². The fourth-order valence-electron chi connectivity index (χ4n) is 1.48. The number of nitrogens with zero attached hydrogens (tertiary/aromatic N) is 1. The van der Waals surface area contributed by atoms with Gasteiger partial charge in [0.05, 0.1) is 11.8 Å². The summed E-state index contributed by atoms with van der Waals surface area (Å²) >= 11 is 1.24. The number of aromatic nitrogens is 1. The monoisotopic (exact) mass is 278 g/mol. The van der Waals surface area contributed by atoms with Crippen LogP contribution in [0.5, 0.6) is 5.75 Å². The van der Waals surface area contributed by atoms with Gasteiger partial charge in [-0.25, -0.2) is 4.79 Å². The molecule has 0 bridgehead atoms. The van der Waals surface area contributed by atoms with Crippen molar-refractivity contribution in [1.82, 2.24) is 10.3 Å². The SMILES string of the molecule is O=C(NC(C(=O)O)c1cccs1)c1cncc(O)c1. The van der Waals surface area contributed by atoms with Crippen LogP contribution in [-0.4, -0.2) is 27.1 Å². The number of hydrogen-bond acceptors (Lipinski definition) is 5. The van der Waals surface area contributed by atoms with Crippen molar-refractivity contribution >= 4 is 23.2 Å². The molecule has 0 spiro atoms. The summed E-state index contributed by atoms with van der Waals surface area (Å²) in [5, 5.41) is 22.5. The third kappa shape index (κ3) is 3.08. The maximum atomic E-state index is 11.9. The zero-order valence-electron chi connectivity index (χ0n) is 9.61. The molecular formula is C12H10N2O4S. The van der Waals surface area contributed by atoms with E-state index in [0.29, 0.717) is 4.88 Å². The standard InChI is InChI=1S/C12H10N2O4S/c15-8-4-7(5-13-6-8)11(16)14-10(12(17)18)9-2-1-3-19-9/h1-6,10,15H,(H,14,16)(H,17,18). The second-order valence-electron chi connectivity index (χ2n) is 3.69. The Hall–Kier alpha value is -2.41. The lowest BCUT2D eigenvalue weighted by Crippen LogP contribution is -2.33. The van der Waals surface area contributed by atoms with Crippen molar-refractivity contribution in [1.29, 1.82) is 0 Å². The van der Waals surface area contributed by atoms with Gasteiger partial charge in [-0.1, -0.05) is 6.07 Å². The van der Waals surface area contributed by atoms with Crippen molar-refractivity contribution in [3.8, 4) is 5.75 Å². The first-order chi connectivity index (χ1) is 9.08. The second kappa shape index (κ2) is 5.49. The molecule has 0 saturated heterocycles. The predicted molar refractivity (Wildman–Crippen MR) is 68.1 cm³/mol. The number of carbonyl (C=O) groups excluding carboxylic acids is 1. The first kappa shape index (κ1) is 13.0. The normalized spacial score (nSPS) is 11.8. The number of pyridine rings is 1. The molecule has 19 heavy (non-hydrogen) atoms. The maximum absolute atomic E-state index is 11.9. The second-order valence-corrected chi connectivity index (χ2v) is 4.67. The van der Waals surface area contributed by atoms with Gasteiger partial charge in [0.2, 0.25) is 0 Å². The average Bonchev–Trinajstić information content (AvgIpc) is 2.88. The van der Waals surface area contributed by atoms with Crippen LogP contribution in [0, 0.1) is 0 Å². The largest absolute Gasteiger partial charge is 0.506 e. The molecule has 3 N–H and O–H groups in total. The number of aliphatic carboxylic acids is 1. The Labute approximate surface area is 112 Å². The van der Waals surface area contributed by atoms with E-state index in [1.165, 1.54) is 29.8 Å². The van der Waals surface area contributed by atoms with Crippen LogP contribution in [-0.2, 0) is 4.79 Å². The van der Waals surface area contributed by atoms with Crippen molar-refractivity contribution in [3.63, 3.8) is 0 Å². The van der Waals surface area contributed by atoms with E-state index >= 15 is 0 Å². The zero-order valence-corrected chi connectivity index (χ0v) is 10.4. The molecule has 1 unspecified atom stereocenters. The highest BCUT2D eigenvalue weighted by Gasteiger charge is 2.23. The Morgan fingerprint density at radius 1 is 1.37 bits per heavy atom. The van der Waals surface area contributed by atoms with Gasteiger partial charge in [0.25, 0.3) is 5.91 Å². The van der Waals surface area contributed by atoms with Gasteiger partial charge in [-0.3, -0.25) is 9.78 Å². The minimum atomic E-state index is -1.15. The number of carbonyl (C=O) groups is 2. The van der Waals surface area contributed by atoms with E-state index in [1.54, 1.807) is 17.5 Å². The van der Waals surface area contributed by atoms with E-state index < -0.39 is 17.9 Å². The van der Waals surface area contributed by atoms with E-state index in [9.17, 15) is 14.7 Å². The lowest BCUT2D eigenvalue weighted by atomic mass is 10.2. The minimum Gasteiger partial charge on any atom is -0.506 e. The van der Waals surface area contributed by atoms with Crippen molar-refractivity contribution in [2.24, 2.45) is 0 Å². The summed E-state index contributed by atoms with van der Waals surface area (Å²) in [5.74, 6) is -1.91. The Morgan fingerprint density at radius 3 is 2.74 bits per heavy atom. The molecule has 1 amide bonds. The maximum Gasteiger partial charge on any atom is 0.331 e. The summed E-state index contributed by atoms with van der Waals surface area (Å²) in [5.41, 5.74) is 0.0998. The Balaban J connectivity index is 2.19. The summed E-state index contributed by atoms with van der Waals surface area (Å²) in [6, 6.07) is 3.44. The molecule has 2 aromatic rings. The Bertz CT molecular complexity index is 598. The predicted octanol–water partition coefficient (Wildman–Crippen LogP) is 1.40. The molecule has 0 radical (unpaired) electrons. The lowest BCUT2D eigenvalue weighted by molar-refractivity contribution is -0.139. The van der Waals surface area contributed by atoms with Crippen LogP contribution in [0.15, 0.2) is 36.0 Å². The van der Waals surface area contributed by atoms with Crippen LogP contribution in [0.2, 0.25) is 0 Å². The summed E-state index contributed by atoms with van der Waals surface area (Å²) in [6.45, 7) is 0. The third-order valence-electron chi connectivity index (χ3n) is 2.34. The number of carboxylic acids is 1. The number of carboxylic acid groups (broad SMARTS) is 1. The molecule has 7 heteroatoms. The van der Waals surface area contributed by atoms with E-state index in [-0.39, 0.29) is 11.3 Å². The molecule has 6 nitrogen and oxygen atoms in total. The summed E-state index contributed by atoms with van der Waals surface area (Å²) < 4.78 is 0. The van der Waals surface area contributed by atoms with E-state index in [2.05, 4.69) is 10.3 Å². The smallest absolute Gasteiger partial charge is 0.331 e. The molecule has 98 valence electrons.